The van der Waals surface area contributed by atoms with E-state index < -0.39 is 11.7 Å². The Morgan fingerprint density at radius 1 is 1.33 bits per heavy atom. The van der Waals surface area contributed by atoms with E-state index >= 15 is 0 Å². The molecule has 1 aromatic rings. The lowest BCUT2D eigenvalue weighted by atomic mass is 10.2. The lowest BCUT2D eigenvalue weighted by molar-refractivity contribution is 0.0285. The first-order chi connectivity index (χ1) is 8.85. The summed E-state index contributed by atoms with van der Waals surface area (Å²) in [4.78, 5) is 13.2. The van der Waals surface area contributed by atoms with Gasteiger partial charge in [-0.1, -0.05) is 12.1 Å². The summed E-state index contributed by atoms with van der Waals surface area (Å²) < 4.78 is 17.7. The van der Waals surface area contributed by atoms with Crippen LogP contribution in [0.3, 0.4) is 0 Å². The van der Waals surface area contributed by atoms with Crippen molar-refractivity contribution in [2.45, 2.75) is 32.9 Å². The largest absolute Gasteiger partial charge is 0.497 e. The molecule has 0 heterocycles. The van der Waals surface area contributed by atoms with Crippen LogP contribution in [-0.4, -0.2) is 30.7 Å². The fourth-order valence-corrected chi connectivity index (χ4v) is 1.34. The van der Waals surface area contributed by atoms with Crippen molar-refractivity contribution < 1.29 is 15.6 Å². The monoisotopic (exact) mass is 252 g/mol. The van der Waals surface area contributed by atoms with E-state index in [0.717, 1.165) is 11.3 Å². The topological polar surface area (TPSA) is 38.8 Å². The molecule has 0 saturated carbocycles. The number of hydrogen-bond donors (Lipinski definition) is 0. The Hall–Kier alpha value is -1.71. The molecular weight excluding hydrogens is 230 g/mol. The van der Waals surface area contributed by atoms with E-state index in [-0.39, 0.29) is 7.02 Å². The van der Waals surface area contributed by atoms with Crippen molar-refractivity contribution in [3.63, 3.8) is 0 Å². The number of amides is 1. The first kappa shape index (κ1) is 12.7. The van der Waals surface area contributed by atoms with Crippen molar-refractivity contribution in [1.82, 2.24) is 4.90 Å². The summed E-state index contributed by atoms with van der Waals surface area (Å²) >= 11 is 0. The van der Waals surface area contributed by atoms with Crippen LogP contribution in [0.4, 0.5) is 4.79 Å². The van der Waals surface area contributed by atoms with E-state index in [2.05, 4.69) is 0 Å². The Morgan fingerprint density at radius 3 is 2.39 bits per heavy atom. The van der Waals surface area contributed by atoms with Crippen LogP contribution >= 0.6 is 0 Å². The van der Waals surface area contributed by atoms with Crippen LogP contribution in [0.15, 0.2) is 24.3 Å². The molecule has 100 valence electrons. The summed E-state index contributed by atoms with van der Waals surface area (Å²) in [6.07, 6.45) is -0.474. The van der Waals surface area contributed by atoms with Gasteiger partial charge < -0.3 is 14.4 Å². The van der Waals surface area contributed by atoms with Crippen molar-refractivity contribution in [3.8, 4) is 5.75 Å². The van der Waals surface area contributed by atoms with Gasteiger partial charge >= 0.3 is 6.09 Å². The highest BCUT2D eigenvalue weighted by molar-refractivity contribution is 5.67. The molecule has 1 aromatic carbocycles. The van der Waals surface area contributed by atoms with Gasteiger partial charge in [0.1, 0.15) is 11.4 Å². The Labute approximate surface area is 110 Å². The summed E-state index contributed by atoms with van der Waals surface area (Å²) in [6, 6.07) is 7.39. The van der Waals surface area contributed by atoms with Crippen LogP contribution in [0, 0.1) is 0 Å². The molecule has 0 spiro atoms. The lowest BCUT2D eigenvalue weighted by Gasteiger charge is -2.24. The van der Waals surface area contributed by atoms with Crippen molar-refractivity contribution in [3.05, 3.63) is 29.8 Å². The Kier molecular flexibility index (Phi) is 4.07. The quantitative estimate of drug-likeness (QED) is 0.830. The van der Waals surface area contributed by atoms with Crippen LogP contribution in [0.2, 0.25) is 0 Å². The van der Waals surface area contributed by atoms with E-state index in [1.54, 1.807) is 27.9 Å². The van der Waals surface area contributed by atoms with E-state index in [9.17, 15) is 4.79 Å². The second-order valence-electron chi connectivity index (χ2n) is 5.03. The molecule has 18 heavy (non-hydrogen) atoms. The molecule has 0 aliphatic carbocycles. The van der Waals surface area contributed by atoms with Gasteiger partial charge in [-0.2, -0.15) is 0 Å². The second-order valence-corrected chi connectivity index (χ2v) is 5.03. The first-order valence-corrected chi connectivity index (χ1v) is 5.76. The number of carbonyl (C=O) groups excluding carboxylic acids is 1. The predicted octanol–water partition coefficient (Wildman–Crippen LogP) is 3.06. The maximum Gasteiger partial charge on any atom is 0.410 e. The normalized spacial score (nSPS) is 11.7. The molecule has 1 amide bonds. The van der Waals surface area contributed by atoms with Gasteiger partial charge in [-0.15, -0.1) is 0 Å². The molecule has 0 aromatic heterocycles. The van der Waals surface area contributed by atoms with Gasteiger partial charge in [0, 0.05) is 14.9 Å². The highest BCUT2D eigenvalue weighted by Gasteiger charge is 2.19. The molecule has 0 N–H and O–H groups in total. The molecule has 0 bridgehead atoms. The van der Waals surface area contributed by atoms with Crippen LogP contribution < -0.4 is 4.74 Å². The standard InChI is InChI=1S/C14H21NO3/c1-14(2,3)18-13(16)15(4)10-11-6-8-12(17-5)9-7-11/h6-9H,10H2,1-5H3/i4D. The van der Waals surface area contributed by atoms with Gasteiger partial charge in [-0.25, -0.2) is 4.79 Å². The summed E-state index contributed by atoms with van der Waals surface area (Å²) in [5.74, 6) is 0.762. The number of hydrogen-bond acceptors (Lipinski definition) is 3. The molecule has 0 fully saturated rings. The minimum Gasteiger partial charge on any atom is -0.497 e. The predicted molar refractivity (Wildman–Crippen MR) is 70.7 cm³/mol. The highest BCUT2D eigenvalue weighted by Crippen LogP contribution is 2.14. The third-order valence-electron chi connectivity index (χ3n) is 2.18. The third kappa shape index (κ3) is 4.65. The second kappa shape index (κ2) is 5.76. The van der Waals surface area contributed by atoms with E-state index in [4.69, 9.17) is 10.8 Å². The Bertz CT molecular complexity index is 412. The highest BCUT2D eigenvalue weighted by atomic mass is 16.6. The molecule has 4 nitrogen and oxygen atoms in total. The summed E-state index contributed by atoms with van der Waals surface area (Å²) in [7, 11) is 1.47. The minimum absolute atomic E-state index is 0.138. The number of nitrogens with zero attached hydrogens (tertiary/aromatic N) is 1. The first-order valence-electron chi connectivity index (χ1n) is 6.46. The van der Waals surface area contributed by atoms with Crippen LogP contribution in [0.25, 0.3) is 0 Å². The maximum absolute atomic E-state index is 11.9. The van der Waals surface area contributed by atoms with Gasteiger partial charge in [-0.3, -0.25) is 0 Å². The molecule has 4 heteroatoms. The lowest BCUT2D eigenvalue weighted by Crippen LogP contribution is -2.33. The number of ether oxygens (including phenoxy) is 2. The molecule has 1 rings (SSSR count). The van der Waals surface area contributed by atoms with E-state index in [0.29, 0.717) is 6.54 Å². The van der Waals surface area contributed by atoms with Gasteiger partial charge in [0.05, 0.1) is 7.11 Å². The van der Waals surface area contributed by atoms with Crippen molar-refractivity contribution >= 4 is 6.09 Å². The van der Waals surface area contributed by atoms with E-state index in [1.165, 1.54) is 4.90 Å². The molecule has 0 unspecified atom stereocenters. The number of benzene rings is 1. The zero-order valence-corrected chi connectivity index (χ0v) is 11.4. The van der Waals surface area contributed by atoms with Gasteiger partial charge in [0.25, 0.3) is 0 Å². The molecule has 0 saturated heterocycles. The van der Waals surface area contributed by atoms with Crippen molar-refractivity contribution in [2.24, 2.45) is 0 Å². The van der Waals surface area contributed by atoms with E-state index in [1.807, 2.05) is 24.3 Å². The fraction of sp³-hybridized carbons (Fsp3) is 0.500. The molecule has 0 atom stereocenters. The summed E-state index contributed by atoms with van der Waals surface area (Å²) in [5.41, 5.74) is 0.378. The molecule has 0 radical (unpaired) electrons. The summed E-state index contributed by atoms with van der Waals surface area (Å²) in [6.45, 7) is 5.77. The van der Waals surface area contributed by atoms with Gasteiger partial charge in [0.2, 0.25) is 0 Å². The molecule has 0 aliphatic heterocycles. The number of methoxy groups -OCH3 is 1. The smallest absolute Gasteiger partial charge is 0.410 e. The Balaban J connectivity index is 2.67. The summed E-state index contributed by atoms with van der Waals surface area (Å²) in [5, 5.41) is 0. The van der Waals surface area contributed by atoms with Crippen molar-refractivity contribution in [2.75, 3.05) is 14.1 Å². The Morgan fingerprint density at radius 2 is 1.94 bits per heavy atom. The van der Waals surface area contributed by atoms with Crippen LogP contribution in [0.1, 0.15) is 27.7 Å². The SMILES string of the molecule is [2H]CN(Cc1ccc(OC)cc1)C(=O)OC(C)(C)C. The van der Waals surface area contributed by atoms with Gasteiger partial charge in [0.15, 0.2) is 0 Å². The average molecular weight is 252 g/mol. The number of rotatable bonds is 3. The number of carbonyl (C=O) groups is 1. The van der Waals surface area contributed by atoms with Crippen LogP contribution in [0.5, 0.6) is 5.75 Å². The van der Waals surface area contributed by atoms with Crippen molar-refractivity contribution in [1.29, 1.82) is 0 Å². The third-order valence-corrected chi connectivity index (χ3v) is 2.18. The molecular formula is C14H21NO3. The fourth-order valence-electron chi connectivity index (χ4n) is 1.34. The molecule has 0 aliphatic rings. The van der Waals surface area contributed by atoms with Crippen LogP contribution in [-0.2, 0) is 11.3 Å². The maximum atomic E-state index is 11.9. The van der Waals surface area contributed by atoms with Gasteiger partial charge in [-0.05, 0) is 38.5 Å². The average Bonchev–Trinajstić information content (AvgIpc) is 2.34. The zero-order chi connectivity index (χ0) is 14.5. The zero-order valence-electron chi connectivity index (χ0n) is 12.4. The minimum atomic E-state index is -0.551.